The fraction of sp³-hybridized carbons (Fsp3) is 0. The highest BCUT2D eigenvalue weighted by Crippen LogP contribution is 2.49. The summed E-state index contributed by atoms with van der Waals surface area (Å²) in [6, 6.07) is 16.6. The van der Waals surface area contributed by atoms with Crippen molar-refractivity contribution in [2.45, 2.75) is 0 Å². The average Bonchev–Trinajstić information content (AvgIpc) is 2.40. The monoisotopic (exact) mass is 300 g/mol. The molecule has 0 fully saturated rings. The second kappa shape index (κ2) is 7.13. The Balaban J connectivity index is 1.93. The van der Waals surface area contributed by atoms with E-state index in [1.54, 1.807) is 60.7 Å². The molecule has 98 valence electrons. The van der Waals surface area contributed by atoms with Gasteiger partial charge in [0.15, 0.2) is 5.75 Å². The normalized spacial score (nSPS) is 12.8. The molecule has 2 aromatic rings. The summed E-state index contributed by atoms with van der Waals surface area (Å²) in [6.45, 7) is 0. The molecule has 19 heavy (non-hydrogen) atoms. The van der Waals surface area contributed by atoms with Crippen LogP contribution in [0.1, 0.15) is 0 Å². The zero-order chi connectivity index (χ0) is 13.5. The first kappa shape index (κ1) is 13.9. The lowest BCUT2D eigenvalue weighted by Gasteiger charge is -2.00. The minimum absolute atomic E-state index is 0.308. The van der Waals surface area contributed by atoms with Crippen molar-refractivity contribution in [3.05, 3.63) is 60.7 Å². The summed E-state index contributed by atoms with van der Waals surface area (Å²) in [5.74, 6) is 0.617. The van der Waals surface area contributed by atoms with Crippen LogP contribution in [0.2, 0.25) is 0 Å². The van der Waals surface area contributed by atoms with Gasteiger partial charge in [0.2, 0.25) is 0 Å². The fourth-order valence-corrected chi connectivity index (χ4v) is 2.55. The Morgan fingerprint density at radius 2 is 1.42 bits per heavy atom. The lowest BCUT2D eigenvalue weighted by Crippen LogP contribution is -1.80. The maximum Gasteiger partial charge on any atom is 0.673 e. The highest BCUT2D eigenvalue weighted by atomic mass is 31.2. The summed E-state index contributed by atoms with van der Waals surface area (Å²) in [4.78, 5) is 0. The van der Waals surface area contributed by atoms with E-state index < -0.39 is 16.9 Å². The van der Waals surface area contributed by atoms with Gasteiger partial charge in [0.25, 0.3) is 0 Å². The average molecular weight is 300 g/mol. The zero-order valence-corrected chi connectivity index (χ0v) is 11.5. The third-order valence-electron chi connectivity index (χ3n) is 1.99. The summed E-state index contributed by atoms with van der Waals surface area (Å²) in [5, 5.41) is 0. The predicted molar refractivity (Wildman–Crippen MR) is 72.6 cm³/mol. The van der Waals surface area contributed by atoms with E-state index in [4.69, 9.17) is 9.05 Å². The molecule has 0 amide bonds. The molecule has 2 rings (SSSR count). The predicted octanol–water partition coefficient (Wildman–Crippen LogP) is 5.81. The third-order valence-corrected chi connectivity index (χ3v) is 3.84. The first-order chi connectivity index (χ1) is 9.24. The van der Waals surface area contributed by atoms with Gasteiger partial charge >= 0.3 is 16.9 Å². The van der Waals surface area contributed by atoms with Gasteiger partial charge in [-0.15, -0.1) is 0 Å². The van der Waals surface area contributed by atoms with Crippen molar-refractivity contribution in [3.8, 4) is 11.5 Å². The van der Waals surface area contributed by atoms with E-state index in [1.165, 1.54) is 0 Å². The molecule has 0 saturated carbocycles. The van der Waals surface area contributed by atoms with Crippen LogP contribution in [0, 0.1) is 0 Å². The zero-order valence-electron chi connectivity index (χ0n) is 9.69. The van der Waals surface area contributed by atoms with Crippen LogP contribution in [0.15, 0.2) is 65.2 Å². The van der Waals surface area contributed by atoms with Crippen molar-refractivity contribution >= 4 is 16.9 Å². The maximum atomic E-state index is 13.4. The van der Waals surface area contributed by atoms with Gasteiger partial charge in [-0.05, 0) is 24.3 Å². The van der Waals surface area contributed by atoms with Gasteiger partial charge in [0.05, 0.1) is 8.71 Å². The number of rotatable bonds is 5. The van der Waals surface area contributed by atoms with Crippen molar-refractivity contribution < 1.29 is 17.4 Å². The smallest absolute Gasteiger partial charge is 0.425 e. The first-order valence-corrected chi connectivity index (χ1v) is 7.54. The Morgan fingerprint density at radius 1 is 0.895 bits per heavy atom. The summed E-state index contributed by atoms with van der Waals surface area (Å²) in [5.41, 5.74) is 0. The number of para-hydroxylation sites is 2. The van der Waals surface area contributed by atoms with Gasteiger partial charge in [0.1, 0.15) is 5.75 Å². The Labute approximate surface area is 111 Å². The Bertz CT molecular complexity index is 540. The van der Waals surface area contributed by atoms with Crippen molar-refractivity contribution in [1.29, 1.82) is 0 Å². The van der Waals surface area contributed by atoms with Crippen molar-refractivity contribution in [3.63, 3.8) is 0 Å². The Kier molecular flexibility index (Phi) is 5.20. The van der Waals surface area contributed by atoms with Crippen LogP contribution in [-0.2, 0) is 0 Å². The van der Waals surface area contributed by atoms with Gasteiger partial charge in [-0.3, -0.25) is 0 Å². The van der Waals surface area contributed by atoms with Gasteiger partial charge in [0, 0.05) is 0 Å². The summed E-state index contributed by atoms with van der Waals surface area (Å²) >= 11 is 0. The second-order valence-electron chi connectivity index (χ2n) is 3.35. The molecule has 2 aromatic carbocycles. The molecule has 0 radical (unpaired) electrons. The summed E-state index contributed by atoms with van der Waals surface area (Å²) in [6.07, 6.45) is 0. The van der Waals surface area contributed by atoms with Crippen molar-refractivity contribution in [2.75, 3.05) is 0 Å². The summed E-state index contributed by atoms with van der Waals surface area (Å²) in [7, 11) is -5.48. The lowest BCUT2D eigenvalue weighted by molar-refractivity contribution is 0.556. The molecule has 0 aliphatic carbocycles. The number of halogens is 2. The van der Waals surface area contributed by atoms with Crippen LogP contribution in [0.4, 0.5) is 8.39 Å². The maximum absolute atomic E-state index is 13.4. The Hall–Kier alpha value is -1.57. The summed E-state index contributed by atoms with van der Waals surface area (Å²) < 4.78 is 39.7. The van der Waals surface area contributed by atoms with Crippen molar-refractivity contribution in [2.24, 2.45) is 4.52 Å². The largest absolute Gasteiger partial charge is 0.673 e. The molecule has 7 heteroatoms. The second-order valence-corrected chi connectivity index (χ2v) is 5.34. The van der Waals surface area contributed by atoms with Gasteiger partial charge in [-0.1, -0.05) is 36.4 Å². The minimum atomic E-state index is -2.74. The molecule has 0 aliphatic heterocycles. The van der Waals surface area contributed by atoms with E-state index in [-0.39, 0.29) is 0 Å². The fourth-order valence-electron chi connectivity index (χ4n) is 1.23. The van der Waals surface area contributed by atoms with E-state index in [9.17, 15) is 8.39 Å². The molecular weight excluding hydrogens is 290 g/mol. The number of hydrogen-bond acceptors (Lipinski definition) is 3. The van der Waals surface area contributed by atoms with Crippen LogP contribution in [0.3, 0.4) is 0 Å². The number of benzene rings is 2. The molecule has 0 bridgehead atoms. The van der Waals surface area contributed by atoms with Crippen LogP contribution in [0.5, 0.6) is 11.5 Å². The highest BCUT2D eigenvalue weighted by Gasteiger charge is 2.24. The van der Waals surface area contributed by atoms with Gasteiger partial charge < -0.3 is 4.52 Å². The number of hydrogen-bond donors (Lipinski definition) is 0. The quantitative estimate of drug-likeness (QED) is 0.653. The molecule has 0 saturated heterocycles. The molecule has 0 aliphatic rings. The molecule has 0 heterocycles. The molecule has 3 nitrogen and oxygen atoms in total. The van der Waals surface area contributed by atoms with Crippen LogP contribution in [-0.4, -0.2) is 0 Å². The molecular formula is C12H10F2NO2P2+. The number of nitrogens with zero attached hydrogens (tertiary/aromatic N) is 1. The minimum Gasteiger partial charge on any atom is -0.425 e. The molecule has 2 atom stereocenters. The lowest BCUT2D eigenvalue weighted by atomic mass is 10.3. The Morgan fingerprint density at radius 3 is 2.00 bits per heavy atom. The van der Waals surface area contributed by atoms with E-state index >= 15 is 0 Å². The van der Waals surface area contributed by atoms with E-state index in [0.717, 1.165) is 0 Å². The highest BCUT2D eigenvalue weighted by molar-refractivity contribution is 7.54. The SMILES string of the molecule is FP(N=[P+](F)Oc1ccccc1)Oc1ccccc1. The van der Waals surface area contributed by atoms with E-state index in [2.05, 4.69) is 4.52 Å². The van der Waals surface area contributed by atoms with Gasteiger partial charge in [-0.25, -0.2) is 4.52 Å². The first-order valence-electron chi connectivity index (χ1n) is 5.33. The van der Waals surface area contributed by atoms with Crippen LogP contribution >= 0.6 is 16.9 Å². The van der Waals surface area contributed by atoms with E-state index in [1.807, 2.05) is 0 Å². The van der Waals surface area contributed by atoms with E-state index in [0.29, 0.717) is 11.5 Å². The van der Waals surface area contributed by atoms with Crippen LogP contribution < -0.4 is 9.05 Å². The molecule has 0 aromatic heterocycles. The topological polar surface area (TPSA) is 30.8 Å². The van der Waals surface area contributed by atoms with Gasteiger partial charge in [-0.2, -0.15) is 4.20 Å². The molecule has 0 spiro atoms. The van der Waals surface area contributed by atoms with Crippen molar-refractivity contribution in [1.82, 2.24) is 0 Å². The third kappa shape index (κ3) is 4.90. The molecule has 0 N–H and O–H groups in total. The van der Waals surface area contributed by atoms with Crippen LogP contribution in [0.25, 0.3) is 0 Å². The molecule has 2 unspecified atom stereocenters. The standard InChI is InChI=1S/C12H10F2NO2P2/c13-18(16-11-7-3-1-4-8-11)15-19(14)17-12-9-5-2-6-10-12/h1-10H/q+1.